The van der Waals surface area contributed by atoms with Gasteiger partial charge in [-0.1, -0.05) is 66.6 Å². The summed E-state index contributed by atoms with van der Waals surface area (Å²) in [6.45, 7) is 1.93. The van der Waals surface area contributed by atoms with Gasteiger partial charge in [-0.2, -0.15) is 0 Å². The van der Waals surface area contributed by atoms with Gasteiger partial charge < -0.3 is 4.74 Å². The fourth-order valence-corrected chi connectivity index (χ4v) is 4.51. The van der Waals surface area contributed by atoms with Crippen LogP contribution in [0.3, 0.4) is 0 Å². The molecule has 128 valence electrons. The molecule has 0 N–H and O–H groups in total. The number of nitrogens with zero attached hydrogens (tertiary/aromatic N) is 1. The molecule has 0 aliphatic carbocycles. The molecule has 0 aromatic heterocycles. The fraction of sp³-hybridized carbons (Fsp3) is 0.250. The molecule has 3 aromatic rings. The van der Waals surface area contributed by atoms with Crippen molar-refractivity contribution in [2.45, 2.75) is 38.1 Å². The van der Waals surface area contributed by atoms with Crippen LogP contribution in [0.1, 0.15) is 36.9 Å². The van der Waals surface area contributed by atoms with Crippen molar-refractivity contribution in [3.63, 3.8) is 0 Å². The molecule has 2 heterocycles. The molecule has 3 aromatic carbocycles. The highest BCUT2D eigenvalue weighted by molar-refractivity contribution is 5.89. The molecule has 2 heteroatoms. The first kappa shape index (κ1) is 15.5. The normalized spacial score (nSPS) is 24.3. The van der Waals surface area contributed by atoms with Crippen LogP contribution in [-0.4, -0.2) is 17.2 Å². The van der Waals surface area contributed by atoms with Crippen LogP contribution >= 0.6 is 0 Å². The minimum absolute atomic E-state index is 0.0970. The molecule has 1 fully saturated rings. The van der Waals surface area contributed by atoms with Crippen molar-refractivity contribution in [1.29, 1.82) is 0 Å². The van der Waals surface area contributed by atoms with Gasteiger partial charge in [-0.15, -0.1) is 5.92 Å². The van der Waals surface area contributed by atoms with Gasteiger partial charge in [0.2, 0.25) is 0 Å². The van der Waals surface area contributed by atoms with Gasteiger partial charge in [0.05, 0.1) is 12.1 Å². The quantitative estimate of drug-likeness (QED) is 0.570. The van der Waals surface area contributed by atoms with Crippen LogP contribution in [0, 0.1) is 11.8 Å². The molecule has 3 atom stereocenters. The number of hydrogen-bond acceptors (Lipinski definition) is 2. The highest BCUT2D eigenvalue weighted by Crippen LogP contribution is 2.48. The highest BCUT2D eigenvalue weighted by atomic mass is 16.5. The number of hydrogen-bond donors (Lipinski definition) is 0. The Hall–Kier alpha value is -2.76. The van der Waals surface area contributed by atoms with Gasteiger partial charge in [-0.25, -0.2) is 4.90 Å². The smallest absolute Gasteiger partial charge is 0.154 e. The Labute approximate surface area is 154 Å². The molecule has 0 saturated carbocycles. The molecule has 0 bridgehead atoms. The van der Waals surface area contributed by atoms with E-state index in [9.17, 15) is 0 Å². The zero-order valence-electron chi connectivity index (χ0n) is 14.9. The molecule has 2 nitrogen and oxygen atoms in total. The lowest BCUT2D eigenvalue weighted by Gasteiger charge is -2.41. The maximum Gasteiger partial charge on any atom is 0.154 e. The topological polar surface area (TPSA) is 12.5 Å². The van der Waals surface area contributed by atoms with Gasteiger partial charge in [-0.3, -0.25) is 0 Å². The summed E-state index contributed by atoms with van der Waals surface area (Å²) in [6.07, 6.45) is 2.18. The van der Waals surface area contributed by atoms with Crippen molar-refractivity contribution in [3.8, 4) is 17.6 Å². The van der Waals surface area contributed by atoms with Crippen LogP contribution in [0.5, 0.6) is 5.75 Å². The molecule has 0 radical (unpaired) electrons. The van der Waals surface area contributed by atoms with Crippen molar-refractivity contribution in [2.24, 2.45) is 0 Å². The Morgan fingerprint density at radius 2 is 1.73 bits per heavy atom. The predicted octanol–water partition coefficient (Wildman–Crippen LogP) is 5.14. The Morgan fingerprint density at radius 3 is 2.58 bits per heavy atom. The third kappa shape index (κ3) is 2.32. The average molecular weight is 339 g/mol. The SMILES string of the molecule is CC#C[C@H]1CC[C@H]2Oc3ccc4ccccc4c3[C@H](c3ccccc3)N12. The minimum atomic E-state index is 0.0970. The predicted molar refractivity (Wildman–Crippen MR) is 105 cm³/mol. The first-order valence-electron chi connectivity index (χ1n) is 9.30. The summed E-state index contributed by atoms with van der Waals surface area (Å²) >= 11 is 0. The summed E-state index contributed by atoms with van der Waals surface area (Å²) in [4.78, 5) is 2.49. The summed E-state index contributed by atoms with van der Waals surface area (Å²) in [7, 11) is 0. The molecular weight excluding hydrogens is 318 g/mol. The third-order valence-corrected chi connectivity index (χ3v) is 5.57. The minimum Gasteiger partial charge on any atom is -0.475 e. The molecule has 2 aliphatic rings. The van der Waals surface area contributed by atoms with Crippen LogP contribution < -0.4 is 4.74 Å². The second-order valence-electron chi connectivity index (χ2n) is 7.02. The van der Waals surface area contributed by atoms with E-state index < -0.39 is 0 Å². The second kappa shape index (κ2) is 6.20. The van der Waals surface area contributed by atoms with E-state index in [0.717, 1.165) is 18.6 Å². The van der Waals surface area contributed by atoms with Crippen molar-refractivity contribution < 1.29 is 4.74 Å². The lowest BCUT2D eigenvalue weighted by Crippen LogP contribution is -2.45. The van der Waals surface area contributed by atoms with E-state index in [4.69, 9.17) is 4.74 Å². The van der Waals surface area contributed by atoms with Crippen LogP contribution in [0.4, 0.5) is 0 Å². The molecule has 0 spiro atoms. The van der Waals surface area contributed by atoms with Gasteiger partial charge in [0.25, 0.3) is 0 Å². The molecule has 0 unspecified atom stereocenters. The zero-order chi connectivity index (χ0) is 17.5. The zero-order valence-corrected chi connectivity index (χ0v) is 14.9. The van der Waals surface area contributed by atoms with Crippen molar-refractivity contribution in [1.82, 2.24) is 4.90 Å². The number of benzene rings is 3. The monoisotopic (exact) mass is 339 g/mol. The molecular formula is C24H21NO. The third-order valence-electron chi connectivity index (χ3n) is 5.57. The molecule has 26 heavy (non-hydrogen) atoms. The van der Waals surface area contributed by atoms with E-state index in [0.29, 0.717) is 0 Å². The van der Waals surface area contributed by atoms with Crippen LogP contribution in [0.15, 0.2) is 66.7 Å². The summed E-state index contributed by atoms with van der Waals surface area (Å²) < 4.78 is 6.45. The summed E-state index contributed by atoms with van der Waals surface area (Å²) in [6, 6.07) is 24.1. The van der Waals surface area contributed by atoms with E-state index in [1.165, 1.54) is 21.9 Å². The lowest BCUT2D eigenvalue weighted by molar-refractivity contribution is 0.00562. The van der Waals surface area contributed by atoms with Gasteiger partial charge >= 0.3 is 0 Å². The molecule has 0 amide bonds. The Morgan fingerprint density at radius 1 is 0.923 bits per heavy atom. The van der Waals surface area contributed by atoms with E-state index in [-0.39, 0.29) is 18.3 Å². The van der Waals surface area contributed by atoms with Gasteiger partial charge in [0.1, 0.15) is 5.75 Å². The highest BCUT2D eigenvalue weighted by Gasteiger charge is 2.45. The number of ether oxygens (including phenoxy) is 1. The van der Waals surface area contributed by atoms with E-state index in [1.54, 1.807) is 0 Å². The summed E-state index contributed by atoms with van der Waals surface area (Å²) in [5, 5.41) is 2.53. The number of fused-ring (bicyclic) bond motifs is 4. The van der Waals surface area contributed by atoms with Crippen molar-refractivity contribution >= 4 is 10.8 Å². The average Bonchev–Trinajstić information content (AvgIpc) is 3.09. The fourth-order valence-electron chi connectivity index (χ4n) is 4.51. The summed E-state index contributed by atoms with van der Waals surface area (Å²) in [5.74, 6) is 7.56. The molecule has 5 rings (SSSR count). The van der Waals surface area contributed by atoms with Gasteiger partial charge in [0.15, 0.2) is 6.23 Å². The standard InChI is InChI=1S/C24H21NO/c1-2-8-19-14-16-22-25(19)24(18-10-4-3-5-11-18)23-20-12-7-6-9-17(20)13-15-21(23)26-22/h3-7,9-13,15,19,22,24H,14,16H2,1H3/t19-,22+,24-/m0/s1. The molecule has 1 saturated heterocycles. The first-order chi connectivity index (χ1) is 12.9. The Kier molecular flexibility index (Phi) is 3.69. The first-order valence-corrected chi connectivity index (χ1v) is 9.30. The van der Waals surface area contributed by atoms with Gasteiger partial charge in [-0.05, 0) is 35.7 Å². The van der Waals surface area contributed by atoms with Crippen LogP contribution in [0.25, 0.3) is 10.8 Å². The van der Waals surface area contributed by atoms with E-state index >= 15 is 0 Å². The molecule has 2 aliphatic heterocycles. The number of rotatable bonds is 1. The second-order valence-corrected chi connectivity index (χ2v) is 7.02. The maximum absolute atomic E-state index is 6.45. The van der Waals surface area contributed by atoms with E-state index in [1.807, 2.05) is 6.92 Å². The summed E-state index contributed by atoms with van der Waals surface area (Å²) in [5.41, 5.74) is 2.58. The van der Waals surface area contributed by atoms with E-state index in [2.05, 4.69) is 83.5 Å². The van der Waals surface area contributed by atoms with Gasteiger partial charge in [0, 0.05) is 12.0 Å². The Bertz CT molecular complexity index is 1010. The van der Waals surface area contributed by atoms with Crippen molar-refractivity contribution in [2.75, 3.05) is 0 Å². The van der Waals surface area contributed by atoms with Crippen molar-refractivity contribution in [3.05, 3.63) is 77.9 Å². The largest absolute Gasteiger partial charge is 0.475 e. The Balaban J connectivity index is 1.78. The van der Waals surface area contributed by atoms with Crippen LogP contribution in [-0.2, 0) is 0 Å². The van der Waals surface area contributed by atoms with Crippen LogP contribution in [0.2, 0.25) is 0 Å². The lowest BCUT2D eigenvalue weighted by atomic mass is 9.90. The maximum atomic E-state index is 6.45.